The first kappa shape index (κ1) is 27.5. The Morgan fingerprint density at radius 1 is 0.974 bits per heavy atom. The van der Waals surface area contributed by atoms with Gasteiger partial charge in [-0.2, -0.15) is 0 Å². The van der Waals surface area contributed by atoms with E-state index in [0.717, 1.165) is 38.0 Å². The highest BCUT2D eigenvalue weighted by Gasteiger charge is 2.24. The Labute approximate surface area is 228 Å². The summed E-state index contributed by atoms with van der Waals surface area (Å²) in [7, 11) is 0. The smallest absolute Gasteiger partial charge is 0.323 e. The number of carbonyl (C=O) groups excluding carboxylic acids is 2. The van der Waals surface area contributed by atoms with E-state index in [0.29, 0.717) is 35.3 Å². The van der Waals surface area contributed by atoms with Gasteiger partial charge in [0.25, 0.3) is 5.91 Å². The van der Waals surface area contributed by atoms with Gasteiger partial charge in [0.05, 0.1) is 10.6 Å². The van der Waals surface area contributed by atoms with Crippen LogP contribution in [0.1, 0.15) is 42.6 Å². The van der Waals surface area contributed by atoms with Gasteiger partial charge >= 0.3 is 6.03 Å². The quantitative estimate of drug-likeness (QED) is 0.291. The second-order valence-corrected chi connectivity index (χ2v) is 10.6. The molecule has 0 bridgehead atoms. The largest absolute Gasteiger partial charge is 0.371 e. The van der Waals surface area contributed by atoms with Crippen LogP contribution < -0.4 is 20.9 Å². The first-order valence-corrected chi connectivity index (χ1v) is 13.4. The van der Waals surface area contributed by atoms with Gasteiger partial charge < -0.3 is 20.9 Å². The van der Waals surface area contributed by atoms with Crippen LogP contribution in [0.5, 0.6) is 0 Å². The molecule has 0 spiro atoms. The van der Waals surface area contributed by atoms with Crippen molar-refractivity contribution in [1.82, 2.24) is 5.32 Å². The zero-order valence-electron chi connectivity index (χ0n) is 21.8. The van der Waals surface area contributed by atoms with Gasteiger partial charge in [0.2, 0.25) is 0 Å². The summed E-state index contributed by atoms with van der Waals surface area (Å²) in [4.78, 5) is 28.0. The summed E-state index contributed by atoms with van der Waals surface area (Å²) in [6.07, 6.45) is 3.16. The third-order valence-corrected chi connectivity index (χ3v) is 6.96. The van der Waals surface area contributed by atoms with E-state index in [4.69, 9.17) is 11.6 Å². The van der Waals surface area contributed by atoms with Crippen LogP contribution in [0.4, 0.5) is 26.2 Å². The number of piperidine rings is 1. The molecule has 3 amide bonds. The Balaban J connectivity index is 1.46. The van der Waals surface area contributed by atoms with Crippen LogP contribution in [0.2, 0.25) is 5.02 Å². The number of nitrogens with one attached hydrogen (secondary N) is 3. The van der Waals surface area contributed by atoms with E-state index in [-0.39, 0.29) is 10.9 Å². The summed E-state index contributed by atoms with van der Waals surface area (Å²) in [5, 5.41) is 8.33. The molecule has 3 aromatic rings. The summed E-state index contributed by atoms with van der Waals surface area (Å²) in [5.41, 5.74) is 3.58. The molecule has 1 heterocycles. The molecule has 1 fully saturated rings. The van der Waals surface area contributed by atoms with Crippen molar-refractivity contribution in [3.8, 4) is 0 Å². The van der Waals surface area contributed by atoms with E-state index in [1.807, 2.05) is 26.0 Å². The first-order valence-electron chi connectivity index (χ1n) is 13.0. The van der Waals surface area contributed by atoms with Gasteiger partial charge in [0.15, 0.2) is 0 Å². The van der Waals surface area contributed by atoms with Gasteiger partial charge in [0, 0.05) is 36.7 Å². The molecule has 0 aromatic heterocycles. The number of hydrogen-bond acceptors (Lipinski definition) is 3. The highest BCUT2D eigenvalue weighted by atomic mass is 35.5. The third-order valence-electron chi connectivity index (χ3n) is 6.67. The maximum atomic E-state index is 13.4. The predicted octanol–water partition coefficient (Wildman–Crippen LogP) is 6.97. The van der Waals surface area contributed by atoms with Crippen molar-refractivity contribution in [3.05, 3.63) is 88.7 Å². The highest BCUT2D eigenvalue weighted by Crippen LogP contribution is 2.30. The predicted molar refractivity (Wildman–Crippen MR) is 153 cm³/mol. The number of nitrogens with zero attached hydrogens (tertiary/aromatic N) is 1. The van der Waals surface area contributed by atoms with Crippen molar-refractivity contribution < 1.29 is 14.0 Å². The lowest BCUT2D eigenvalue weighted by molar-refractivity contribution is 0.0949. The van der Waals surface area contributed by atoms with Crippen molar-refractivity contribution in [2.75, 3.05) is 35.2 Å². The minimum atomic E-state index is -0.561. The molecular formula is C30H34ClFN4O2. The second kappa shape index (κ2) is 12.8. The fraction of sp³-hybridized carbons (Fsp3) is 0.333. The summed E-state index contributed by atoms with van der Waals surface area (Å²) in [5.74, 6) is 0.186. The van der Waals surface area contributed by atoms with Crippen LogP contribution in [0.15, 0.2) is 66.7 Å². The SMILES string of the molecule is CC(C)CNC(=O)c1cc(NC(=O)Nc2ccc(F)c(Cl)c2)ccc1N1CCC(Cc2ccccc2)CC1. The Hall–Kier alpha value is -3.58. The lowest BCUT2D eigenvalue weighted by Gasteiger charge is -2.35. The van der Waals surface area contributed by atoms with Gasteiger partial charge in [0.1, 0.15) is 5.82 Å². The molecule has 0 aliphatic carbocycles. The van der Waals surface area contributed by atoms with Gasteiger partial charge in [-0.3, -0.25) is 4.79 Å². The summed E-state index contributed by atoms with van der Waals surface area (Å²) in [6.45, 7) is 6.37. The van der Waals surface area contributed by atoms with Gasteiger partial charge in [-0.1, -0.05) is 55.8 Å². The van der Waals surface area contributed by atoms with Gasteiger partial charge in [-0.25, -0.2) is 9.18 Å². The third kappa shape index (κ3) is 7.48. The molecule has 3 N–H and O–H groups in total. The molecule has 4 rings (SSSR count). The van der Waals surface area contributed by atoms with Crippen LogP contribution in [0.3, 0.4) is 0 Å². The molecular weight excluding hydrogens is 503 g/mol. The normalized spacial score (nSPS) is 13.9. The van der Waals surface area contributed by atoms with E-state index in [2.05, 4.69) is 45.1 Å². The molecule has 0 saturated carbocycles. The van der Waals surface area contributed by atoms with Crippen LogP contribution in [0.25, 0.3) is 0 Å². The molecule has 6 nitrogen and oxygen atoms in total. The topological polar surface area (TPSA) is 73.5 Å². The zero-order chi connectivity index (χ0) is 27.1. The number of urea groups is 1. The molecule has 38 heavy (non-hydrogen) atoms. The molecule has 1 aliphatic rings. The molecule has 8 heteroatoms. The van der Waals surface area contributed by atoms with Crippen molar-refractivity contribution in [3.63, 3.8) is 0 Å². The van der Waals surface area contributed by atoms with E-state index in [9.17, 15) is 14.0 Å². The summed E-state index contributed by atoms with van der Waals surface area (Å²) >= 11 is 5.81. The lowest BCUT2D eigenvalue weighted by atomic mass is 9.89. The number of hydrogen-bond donors (Lipinski definition) is 3. The summed E-state index contributed by atoms with van der Waals surface area (Å²) < 4.78 is 13.4. The average molecular weight is 537 g/mol. The Kier molecular flexibility index (Phi) is 9.24. The van der Waals surface area contributed by atoms with Crippen LogP contribution >= 0.6 is 11.6 Å². The maximum Gasteiger partial charge on any atom is 0.323 e. The van der Waals surface area contributed by atoms with Gasteiger partial charge in [-0.15, -0.1) is 0 Å². The molecule has 3 aromatic carbocycles. The summed E-state index contributed by atoms with van der Waals surface area (Å²) in [6, 6.07) is 19.4. The molecule has 200 valence electrons. The molecule has 0 atom stereocenters. The number of benzene rings is 3. The van der Waals surface area contributed by atoms with E-state index >= 15 is 0 Å². The highest BCUT2D eigenvalue weighted by molar-refractivity contribution is 6.31. The zero-order valence-corrected chi connectivity index (χ0v) is 22.5. The van der Waals surface area contributed by atoms with Crippen molar-refractivity contribution in [2.24, 2.45) is 11.8 Å². The number of amides is 3. The monoisotopic (exact) mass is 536 g/mol. The number of halogens is 2. The van der Waals surface area contributed by atoms with Gasteiger partial charge in [-0.05, 0) is 73.1 Å². The Morgan fingerprint density at radius 3 is 2.29 bits per heavy atom. The Bertz CT molecular complexity index is 1260. The molecule has 0 unspecified atom stereocenters. The number of rotatable bonds is 8. The van der Waals surface area contributed by atoms with Crippen LogP contribution in [-0.2, 0) is 6.42 Å². The van der Waals surface area contributed by atoms with Crippen molar-refractivity contribution in [2.45, 2.75) is 33.1 Å². The standard InChI is InChI=1S/C30H34ClFN4O2/c1-20(2)19-33-29(37)25-17-23(34-30(38)35-24-8-10-27(32)26(31)18-24)9-11-28(25)36-14-12-22(13-15-36)16-21-6-4-3-5-7-21/h3-11,17-18,20,22H,12-16,19H2,1-2H3,(H,33,37)(H2,34,35,38). The molecule has 0 radical (unpaired) electrons. The lowest BCUT2D eigenvalue weighted by Crippen LogP contribution is -2.36. The molecule has 1 saturated heterocycles. The molecule has 1 aliphatic heterocycles. The first-order chi connectivity index (χ1) is 18.3. The average Bonchev–Trinajstić information content (AvgIpc) is 2.90. The van der Waals surface area contributed by atoms with E-state index < -0.39 is 11.8 Å². The number of anilines is 3. The Morgan fingerprint density at radius 2 is 1.63 bits per heavy atom. The minimum Gasteiger partial charge on any atom is -0.371 e. The fourth-order valence-electron chi connectivity index (χ4n) is 4.66. The van der Waals surface area contributed by atoms with Crippen molar-refractivity contribution >= 4 is 40.6 Å². The van der Waals surface area contributed by atoms with Crippen LogP contribution in [0, 0.1) is 17.7 Å². The van der Waals surface area contributed by atoms with E-state index in [1.54, 1.807) is 12.1 Å². The minimum absolute atomic E-state index is 0.0798. The van der Waals surface area contributed by atoms with Crippen LogP contribution in [-0.4, -0.2) is 31.6 Å². The maximum absolute atomic E-state index is 13.4. The second-order valence-electron chi connectivity index (χ2n) is 10.2. The van der Waals surface area contributed by atoms with E-state index in [1.165, 1.54) is 23.8 Å². The number of carbonyl (C=O) groups is 2. The van der Waals surface area contributed by atoms with Crippen molar-refractivity contribution in [1.29, 1.82) is 0 Å². The fourth-order valence-corrected chi connectivity index (χ4v) is 4.84.